The molecule has 0 unspecified atom stereocenters. The first-order valence-electron chi connectivity index (χ1n) is 5.46. The third kappa shape index (κ3) is 1.66. The van der Waals surface area contributed by atoms with Crippen molar-refractivity contribution in [3.05, 3.63) is 0 Å². The molecule has 0 bridgehead atoms. The summed E-state index contributed by atoms with van der Waals surface area (Å²) >= 11 is 0. The molecule has 12 heavy (non-hydrogen) atoms. The van der Waals surface area contributed by atoms with E-state index in [4.69, 9.17) is 0 Å². The Balaban J connectivity index is 1.89. The van der Waals surface area contributed by atoms with E-state index in [1.54, 1.807) is 0 Å². The van der Waals surface area contributed by atoms with Crippen LogP contribution >= 0.6 is 0 Å². The Bertz CT molecular complexity index is 158. The monoisotopic (exact) mass is 167 g/mol. The summed E-state index contributed by atoms with van der Waals surface area (Å²) in [4.78, 5) is 2.65. The topological polar surface area (TPSA) is 3.24 Å². The summed E-state index contributed by atoms with van der Waals surface area (Å²) in [5.74, 6) is 0. The van der Waals surface area contributed by atoms with Gasteiger partial charge in [0, 0.05) is 6.04 Å². The molecule has 2 fully saturated rings. The van der Waals surface area contributed by atoms with Crippen LogP contribution in [0.25, 0.3) is 0 Å². The van der Waals surface area contributed by atoms with Crippen molar-refractivity contribution < 1.29 is 0 Å². The summed E-state index contributed by atoms with van der Waals surface area (Å²) in [7, 11) is 0. The lowest BCUT2D eigenvalue weighted by molar-refractivity contribution is 0.226. The molecular formula is C11H21N. The molecule has 70 valence electrons. The maximum absolute atomic E-state index is 2.65. The molecule has 0 aromatic heterocycles. The van der Waals surface area contributed by atoms with E-state index < -0.39 is 0 Å². The number of hydrogen-bond donors (Lipinski definition) is 0. The van der Waals surface area contributed by atoms with Gasteiger partial charge in [-0.1, -0.05) is 0 Å². The summed E-state index contributed by atoms with van der Waals surface area (Å²) in [6.45, 7) is 7.35. The van der Waals surface area contributed by atoms with Gasteiger partial charge in [-0.15, -0.1) is 0 Å². The third-order valence-corrected chi connectivity index (χ3v) is 3.77. The van der Waals surface area contributed by atoms with E-state index in [2.05, 4.69) is 18.7 Å². The first-order valence-corrected chi connectivity index (χ1v) is 5.46. The van der Waals surface area contributed by atoms with Crippen LogP contribution in [0.5, 0.6) is 0 Å². The van der Waals surface area contributed by atoms with Crippen LogP contribution in [0.3, 0.4) is 0 Å². The number of likely N-dealkylation sites (tertiary alicyclic amines) is 1. The van der Waals surface area contributed by atoms with Gasteiger partial charge < -0.3 is 4.90 Å². The molecule has 1 spiro atoms. The summed E-state index contributed by atoms with van der Waals surface area (Å²) < 4.78 is 0. The SMILES string of the molecule is CC(C)N1CCCC2(CC1)CC2. The van der Waals surface area contributed by atoms with Crippen LogP contribution < -0.4 is 0 Å². The van der Waals surface area contributed by atoms with Crippen molar-refractivity contribution in [1.82, 2.24) is 4.90 Å². The van der Waals surface area contributed by atoms with Gasteiger partial charge >= 0.3 is 0 Å². The summed E-state index contributed by atoms with van der Waals surface area (Å²) in [6.07, 6.45) is 7.48. The molecule has 0 amide bonds. The predicted molar refractivity (Wildman–Crippen MR) is 52.2 cm³/mol. The number of hydrogen-bond acceptors (Lipinski definition) is 1. The van der Waals surface area contributed by atoms with E-state index in [9.17, 15) is 0 Å². The van der Waals surface area contributed by atoms with Gasteiger partial charge in [0.15, 0.2) is 0 Å². The van der Waals surface area contributed by atoms with Crippen molar-refractivity contribution in [2.24, 2.45) is 5.41 Å². The minimum Gasteiger partial charge on any atom is -0.301 e. The molecule has 0 radical (unpaired) electrons. The van der Waals surface area contributed by atoms with E-state index in [-0.39, 0.29) is 0 Å². The smallest absolute Gasteiger partial charge is 0.00385 e. The molecule has 1 saturated heterocycles. The van der Waals surface area contributed by atoms with Gasteiger partial charge in [0.05, 0.1) is 0 Å². The van der Waals surface area contributed by atoms with Gasteiger partial charge in [0.2, 0.25) is 0 Å². The maximum atomic E-state index is 2.65. The molecule has 1 heteroatoms. The molecule has 0 aromatic carbocycles. The van der Waals surface area contributed by atoms with Gasteiger partial charge in [-0.2, -0.15) is 0 Å². The highest BCUT2D eigenvalue weighted by molar-refractivity contribution is 4.95. The van der Waals surface area contributed by atoms with E-state index in [1.165, 1.54) is 45.2 Å². The lowest BCUT2D eigenvalue weighted by Gasteiger charge is -2.24. The average Bonchev–Trinajstić information content (AvgIpc) is 2.80. The molecule has 0 aromatic rings. The van der Waals surface area contributed by atoms with Crippen LogP contribution in [0.15, 0.2) is 0 Å². The minimum atomic E-state index is 0.763. The second-order valence-electron chi connectivity index (χ2n) is 4.98. The van der Waals surface area contributed by atoms with E-state index in [0.29, 0.717) is 0 Å². The highest BCUT2D eigenvalue weighted by atomic mass is 15.1. The van der Waals surface area contributed by atoms with E-state index >= 15 is 0 Å². The zero-order valence-electron chi connectivity index (χ0n) is 8.47. The Morgan fingerprint density at radius 2 is 1.75 bits per heavy atom. The van der Waals surface area contributed by atoms with Crippen LogP contribution in [0.4, 0.5) is 0 Å². The molecular weight excluding hydrogens is 146 g/mol. The minimum absolute atomic E-state index is 0.763. The van der Waals surface area contributed by atoms with Crippen LogP contribution in [0.2, 0.25) is 0 Å². The van der Waals surface area contributed by atoms with Crippen LogP contribution in [0, 0.1) is 5.41 Å². The van der Waals surface area contributed by atoms with Crippen molar-refractivity contribution in [3.63, 3.8) is 0 Å². The molecule has 1 aliphatic carbocycles. The normalized spacial score (nSPS) is 29.2. The van der Waals surface area contributed by atoms with Gasteiger partial charge in [-0.25, -0.2) is 0 Å². The fourth-order valence-corrected chi connectivity index (χ4v) is 2.47. The van der Waals surface area contributed by atoms with Crippen molar-refractivity contribution in [3.8, 4) is 0 Å². The van der Waals surface area contributed by atoms with Gasteiger partial charge in [0.1, 0.15) is 0 Å². The third-order valence-electron chi connectivity index (χ3n) is 3.77. The molecule has 2 rings (SSSR count). The Kier molecular flexibility index (Phi) is 2.16. The number of nitrogens with zero attached hydrogens (tertiary/aromatic N) is 1. The fourth-order valence-electron chi connectivity index (χ4n) is 2.47. The van der Waals surface area contributed by atoms with Gasteiger partial charge in [0.25, 0.3) is 0 Å². The van der Waals surface area contributed by atoms with Gasteiger partial charge in [-0.05, 0) is 64.5 Å². The second kappa shape index (κ2) is 3.02. The van der Waals surface area contributed by atoms with Crippen molar-refractivity contribution in [2.45, 2.75) is 52.0 Å². The first kappa shape index (κ1) is 8.55. The fraction of sp³-hybridized carbons (Fsp3) is 1.00. The van der Waals surface area contributed by atoms with Crippen LogP contribution in [0.1, 0.15) is 46.0 Å². The zero-order chi connectivity index (χ0) is 8.60. The zero-order valence-corrected chi connectivity index (χ0v) is 8.47. The Morgan fingerprint density at radius 1 is 1.00 bits per heavy atom. The van der Waals surface area contributed by atoms with E-state index in [0.717, 1.165) is 11.5 Å². The summed E-state index contributed by atoms with van der Waals surface area (Å²) in [6, 6.07) is 0.763. The Labute approximate surface area is 76.1 Å². The van der Waals surface area contributed by atoms with Crippen molar-refractivity contribution in [2.75, 3.05) is 13.1 Å². The lowest BCUT2D eigenvalue weighted by atomic mass is 9.98. The molecule has 0 atom stereocenters. The van der Waals surface area contributed by atoms with Crippen LogP contribution in [-0.4, -0.2) is 24.0 Å². The molecule has 1 saturated carbocycles. The highest BCUT2D eigenvalue weighted by Gasteiger charge is 2.42. The predicted octanol–water partition coefficient (Wildman–Crippen LogP) is 2.66. The Morgan fingerprint density at radius 3 is 2.33 bits per heavy atom. The molecule has 1 aliphatic heterocycles. The highest BCUT2D eigenvalue weighted by Crippen LogP contribution is 2.53. The van der Waals surface area contributed by atoms with Gasteiger partial charge in [-0.3, -0.25) is 0 Å². The Hall–Kier alpha value is -0.0400. The quantitative estimate of drug-likeness (QED) is 0.580. The summed E-state index contributed by atoms with van der Waals surface area (Å²) in [5.41, 5.74) is 0.837. The lowest BCUT2D eigenvalue weighted by Crippen LogP contribution is -2.31. The molecule has 1 heterocycles. The molecule has 2 aliphatic rings. The van der Waals surface area contributed by atoms with Crippen molar-refractivity contribution >= 4 is 0 Å². The van der Waals surface area contributed by atoms with Crippen molar-refractivity contribution in [1.29, 1.82) is 0 Å². The number of rotatable bonds is 1. The largest absolute Gasteiger partial charge is 0.301 e. The maximum Gasteiger partial charge on any atom is 0.00385 e. The van der Waals surface area contributed by atoms with Crippen LogP contribution in [-0.2, 0) is 0 Å². The second-order valence-corrected chi connectivity index (χ2v) is 4.98. The molecule has 0 N–H and O–H groups in total. The molecule has 1 nitrogen and oxygen atoms in total. The first-order chi connectivity index (χ1) is 5.72. The average molecular weight is 167 g/mol. The summed E-state index contributed by atoms with van der Waals surface area (Å²) in [5, 5.41) is 0. The van der Waals surface area contributed by atoms with E-state index in [1.807, 2.05) is 0 Å². The standard InChI is InChI=1S/C11H21N/c1-10(2)12-8-3-4-11(5-6-11)7-9-12/h10H,3-9H2,1-2H3.